The normalized spacial score (nSPS) is 12.0. The van der Waals surface area contributed by atoms with Gasteiger partial charge < -0.3 is 4.74 Å². The number of hydrogen-bond acceptors (Lipinski definition) is 4. The van der Waals surface area contributed by atoms with E-state index in [1.54, 1.807) is 24.3 Å². The van der Waals surface area contributed by atoms with Crippen LogP contribution in [0.4, 0.5) is 18.9 Å². The molecule has 0 saturated heterocycles. The molecule has 2 aromatic rings. The quantitative estimate of drug-likeness (QED) is 0.533. The van der Waals surface area contributed by atoms with Crippen LogP contribution in [0.25, 0.3) is 0 Å². The molecule has 0 spiro atoms. The van der Waals surface area contributed by atoms with Crippen LogP contribution in [0, 0.1) is 0 Å². The highest BCUT2D eigenvalue weighted by Gasteiger charge is 2.38. The Kier molecular flexibility index (Phi) is 7.68. The molecule has 0 aliphatic rings. The molecule has 0 atom stereocenters. The number of aromatic nitrogens is 1. The van der Waals surface area contributed by atoms with Crippen molar-refractivity contribution in [1.29, 1.82) is 0 Å². The number of ether oxygens (including phenoxy) is 1. The average molecular weight is 416 g/mol. The molecular weight excluding hydrogens is 393 g/mol. The van der Waals surface area contributed by atoms with Crippen molar-refractivity contribution in [2.75, 3.05) is 16.7 Å². The number of pyridine rings is 1. The van der Waals surface area contributed by atoms with Crippen molar-refractivity contribution in [3.8, 4) is 5.75 Å². The SMILES string of the molecule is CCCCCOc1ccc(N(Cc2cccnc2)S(=O)(=O)CC(F)(F)F)cc1. The summed E-state index contributed by atoms with van der Waals surface area (Å²) in [6.45, 7) is 2.36. The largest absolute Gasteiger partial charge is 0.494 e. The van der Waals surface area contributed by atoms with E-state index in [2.05, 4.69) is 11.9 Å². The fourth-order valence-corrected chi connectivity index (χ4v) is 3.90. The van der Waals surface area contributed by atoms with Gasteiger partial charge in [0.2, 0.25) is 10.0 Å². The summed E-state index contributed by atoms with van der Waals surface area (Å²) in [7, 11) is -4.63. The minimum absolute atomic E-state index is 0.133. The van der Waals surface area contributed by atoms with Gasteiger partial charge in [0, 0.05) is 12.4 Å². The molecule has 1 aromatic carbocycles. The molecule has 0 aliphatic carbocycles. The third-order valence-electron chi connectivity index (χ3n) is 3.87. The highest BCUT2D eigenvalue weighted by molar-refractivity contribution is 7.92. The molecule has 2 rings (SSSR count). The van der Waals surface area contributed by atoms with E-state index < -0.39 is 22.0 Å². The first kappa shape index (κ1) is 22.0. The van der Waals surface area contributed by atoms with Crippen LogP contribution in [0.2, 0.25) is 0 Å². The van der Waals surface area contributed by atoms with Gasteiger partial charge in [-0.3, -0.25) is 9.29 Å². The van der Waals surface area contributed by atoms with Crippen LogP contribution in [0.3, 0.4) is 0 Å². The Bertz CT molecular complexity index is 826. The number of anilines is 1. The first-order chi connectivity index (χ1) is 13.2. The monoisotopic (exact) mass is 416 g/mol. The van der Waals surface area contributed by atoms with Gasteiger partial charge >= 0.3 is 6.18 Å². The van der Waals surface area contributed by atoms with E-state index in [1.165, 1.54) is 24.5 Å². The molecule has 0 aliphatic heterocycles. The van der Waals surface area contributed by atoms with Crippen LogP contribution in [-0.2, 0) is 16.6 Å². The second kappa shape index (κ2) is 9.77. The number of alkyl halides is 3. The molecule has 0 radical (unpaired) electrons. The molecule has 0 fully saturated rings. The molecule has 0 N–H and O–H groups in total. The van der Waals surface area contributed by atoms with Crippen LogP contribution < -0.4 is 9.04 Å². The van der Waals surface area contributed by atoms with Crippen molar-refractivity contribution in [3.05, 3.63) is 54.4 Å². The maximum atomic E-state index is 12.8. The highest BCUT2D eigenvalue weighted by Crippen LogP contribution is 2.27. The fraction of sp³-hybridized carbons (Fsp3) is 0.421. The van der Waals surface area contributed by atoms with E-state index in [1.807, 2.05) is 0 Å². The number of rotatable bonds is 10. The third-order valence-corrected chi connectivity index (χ3v) is 5.58. The molecule has 9 heteroatoms. The molecule has 1 aromatic heterocycles. The Labute approximate surface area is 163 Å². The van der Waals surface area contributed by atoms with Crippen molar-refractivity contribution in [1.82, 2.24) is 4.98 Å². The van der Waals surface area contributed by atoms with Gasteiger partial charge in [0.05, 0.1) is 18.8 Å². The number of unbranched alkanes of at least 4 members (excludes halogenated alkanes) is 2. The van der Waals surface area contributed by atoms with Gasteiger partial charge in [-0.1, -0.05) is 25.8 Å². The van der Waals surface area contributed by atoms with Gasteiger partial charge in [-0.15, -0.1) is 0 Å². The number of halogens is 3. The molecule has 0 unspecified atom stereocenters. The van der Waals surface area contributed by atoms with Gasteiger partial charge in [0.25, 0.3) is 0 Å². The van der Waals surface area contributed by atoms with E-state index in [9.17, 15) is 21.6 Å². The van der Waals surface area contributed by atoms with E-state index >= 15 is 0 Å². The van der Waals surface area contributed by atoms with Gasteiger partial charge in [-0.25, -0.2) is 8.42 Å². The van der Waals surface area contributed by atoms with Crippen molar-refractivity contribution in [2.24, 2.45) is 0 Å². The summed E-state index contributed by atoms with van der Waals surface area (Å²) < 4.78 is 69.6. The van der Waals surface area contributed by atoms with Crippen molar-refractivity contribution < 1.29 is 26.3 Å². The van der Waals surface area contributed by atoms with Gasteiger partial charge in [0.15, 0.2) is 5.75 Å². The Morgan fingerprint density at radius 3 is 2.39 bits per heavy atom. The maximum absolute atomic E-state index is 12.8. The molecule has 5 nitrogen and oxygen atoms in total. The predicted octanol–water partition coefficient (Wildman–Crippen LogP) is 4.55. The molecule has 0 amide bonds. The number of sulfonamides is 1. The fourth-order valence-electron chi connectivity index (χ4n) is 2.54. The number of nitrogens with zero attached hydrogens (tertiary/aromatic N) is 2. The molecule has 154 valence electrons. The summed E-state index contributed by atoms with van der Waals surface area (Å²) in [5, 5.41) is 0. The average Bonchev–Trinajstić information content (AvgIpc) is 2.63. The lowest BCUT2D eigenvalue weighted by Crippen LogP contribution is -2.37. The van der Waals surface area contributed by atoms with Gasteiger partial charge in [0.1, 0.15) is 5.75 Å². The zero-order valence-electron chi connectivity index (χ0n) is 15.5. The zero-order valence-corrected chi connectivity index (χ0v) is 16.3. The summed E-state index contributed by atoms with van der Waals surface area (Å²) in [6.07, 6.45) is 1.07. The predicted molar refractivity (Wildman–Crippen MR) is 102 cm³/mol. The number of hydrogen-bond donors (Lipinski definition) is 0. The second-order valence-corrected chi connectivity index (χ2v) is 8.18. The Hall–Kier alpha value is -2.29. The zero-order chi connectivity index (χ0) is 20.6. The minimum atomic E-state index is -4.84. The standard InChI is InChI=1S/C19H23F3N2O3S/c1-2-3-4-12-27-18-9-7-17(8-10-18)24(14-16-6-5-11-23-13-16)28(25,26)15-19(20,21)22/h5-11,13H,2-4,12,14-15H2,1H3. The van der Waals surface area contributed by atoms with Gasteiger partial charge in [-0.05, 0) is 42.3 Å². The lowest BCUT2D eigenvalue weighted by Gasteiger charge is -2.25. The van der Waals surface area contributed by atoms with Crippen LogP contribution in [0.15, 0.2) is 48.8 Å². The van der Waals surface area contributed by atoms with Crippen LogP contribution in [0.5, 0.6) is 5.75 Å². The van der Waals surface area contributed by atoms with Crippen LogP contribution in [-0.4, -0.2) is 31.9 Å². The summed E-state index contributed by atoms with van der Waals surface area (Å²) in [5.74, 6) is -1.40. The van der Waals surface area contributed by atoms with Crippen LogP contribution >= 0.6 is 0 Å². The Morgan fingerprint density at radius 2 is 1.82 bits per heavy atom. The van der Waals surface area contributed by atoms with E-state index in [-0.39, 0.29) is 12.2 Å². The smallest absolute Gasteiger partial charge is 0.404 e. The van der Waals surface area contributed by atoms with E-state index in [0.717, 1.165) is 23.6 Å². The third kappa shape index (κ3) is 7.03. The Balaban J connectivity index is 2.23. The molecule has 1 heterocycles. The Morgan fingerprint density at radius 1 is 1.11 bits per heavy atom. The van der Waals surface area contributed by atoms with Gasteiger partial charge in [-0.2, -0.15) is 13.2 Å². The maximum Gasteiger partial charge on any atom is 0.404 e. The second-order valence-electron chi connectivity index (χ2n) is 6.29. The van der Waals surface area contributed by atoms with Crippen molar-refractivity contribution in [2.45, 2.75) is 38.9 Å². The summed E-state index contributed by atoms with van der Waals surface area (Å²) in [5.41, 5.74) is 0.613. The molecular formula is C19H23F3N2O3S. The van der Waals surface area contributed by atoms with E-state index in [4.69, 9.17) is 4.74 Å². The summed E-state index contributed by atoms with van der Waals surface area (Å²) >= 11 is 0. The lowest BCUT2D eigenvalue weighted by atomic mass is 10.2. The molecule has 28 heavy (non-hydrogen) atoms. The minimum Gasteiger partial charge on any atom is -0.494 e. The first-order valence-electron chi connectivity index (χ1n) is 8.90. The topological polar surface area (TPSA) is 59.5 Å². The highest BCUT2D eigenvalue weighted by atomic mass is 32.2. The first-order valence-corrected chi connectivity index (χ1v) is 10.5. The van der Waals surface area contributed by atoms with E-state index in [0.29, 0.717) is 17.9 Å². The molecule has 0 saturated carbocycles. The number of benzene rings is 1. The van der Waals surface area contributed by atoms with Crippen LogP contribution in [0.1, 0.15) is 31.7 Å². The lowest BCUT2D eigenvalue weighted by molar-refractivity contribution is -0.106. The summed E-state index contributed by atoms with van der Waals surface area (Å²) in [6, 6.07) is 9.20. The molecule has 0 bridgehead atoms. The van der Waals surface area contributed by atoms with Crippen molar-refractivity contribution in [3.63, 3.8) is 0 Å². The van der Waals surface area contributed by atoms with Crippen molar-refractivity contribution >= 4 is 15.7 Å². The summed E-state index contributed by atoms with van der Waals surface area (Å²) in [4.78, 5) is 3.89.